The lowest BCUT2D eigenvalue weighted by atomic mass is 10.1. The normalized spacial score (nSPS) is 10.8. The molecule has 3 aromatic carbocycles. The molecule has 15 aromatic rings. The molecular formula is C89H86N28O4. The average Bonchev–Trinajstić information content (AvgIpc) is 0.835. The van der Waals surface area contributed by atoms with E-state index in [0.29, 0.717) is 144 Å². The van der Waals surface area contributed by atoms with Gasteiger partial charge in [0.2, 0.25) is 23.8 Å². The van der Waals surface area contributed by atoms with Crippen LogP contribution in [0.4, 0.5) is 52.8 Å². The molecule has 0 saturated heterocycles. The number of hydrogen-bond donors (Lipinski definition) is 8. The summed E-state index contributed by atoms with van der Waals surface area (Å²) in [5.74, 6) is 6.21. The Labute approximate surface area is 698 Å². The summed E-state index contributed by atoms with van der Waals surface area (Å²) in [7, 11) is 0. The van der Waals surface area contributed by atoms with Gasteiger partial charge in [0.05, 0.1) is 45.0 Å². The van der Waals surface area contributed by atoms with Crippen molar-refractivity contribution in [2.24, 2.45) is 5.92 Å². The first kappa shape index (κ1) is 84.4. The van der Waals surface area contributed by atoms with Gasteiger partial charge in [-0.1, -0.05) is 117 Å². The molecule has 0 saturated carbocycles. The Morgan fingerprint density at radius 2 is 0.603 bits per heavy atom. The second-order valence-corrected chi connectivity index (χ2v) is 27.5. The van der Waals surface area contributed by atoms with E-state index >= 15 is 0 Å². The van der Waals surface area contributed by atoms with E-state index in [-0.39, 0.29) is 53.5 Å². The average molecular weight is 1610 g/mol. The third-order valence-electron chi connectivity index (χ3n) is 17.5. The minimum Gasteiger partial charge on any atom is -0.370 e. The minimum absolute atomic E-state index is 0.0842. The van der Waals surface area contributed by atoms with Crippen molar-refractivity contribution in [2.45, 2.75) is 88.7 Å². The predicted molar refractivity (Wildman–Crippen MR) is 464 cm³/mol. The van der Waals surface area contributed by atoms with Crippen LogP contribution >= 0.6 is 0 Å². The van der Waals surface area contributed by atoms with Crippen LogP contribution in [0.3, 0.4) is 0 Å². The number of para-hydroxylation sites is 1. The molecular weight excluding hydrogens is 1530 g/mol. The number of amides is 4. The summed E-state index contributed by atoms with van der Waals surface area (Å²) >= 11 is 0. The number of pyridine rings is 8. The standard InChI is InChI=1S/C24H23N7O.C23H21N7O.C22H19N7O.C20H23N7O/c1-15(18-9-5-4-6-10-18)26-21-13-12-19(16(2)27-21)23(32)31-24-29-17(3)28-22(30-24)20-11-7-8-14-25-20;1-15-18(11-12-20(26-15)25-14-17-8-4-3-5-9-17)22(31)30-23-28-16(2)27-21(29-23)19-10-6-7-13-24-19;1-14-17(11-12-19(24-14)27-16-8-4-3-5-9-16)21(30)29-22-26-15(2)25-20(28-22)18-10-6-7-13-23-18;1-12(2)11-22-17-9-8-15(13(3)23-17)19(28)27-20-25-14(4)24-18(26-20)16-7-5-6-10-21-16/h4-15H,1-3H3,(H,26,27)(H,28,29,30,31,32);3-13H,14H2,1-2H3,(H,25,26)(H,27,28,29,30,31);3-13H,1-2H3,(H,24,27)(H,25,26,28,29,30);5-10,12H,11H2,1-4H3,(H,22,23)(H,24,25,26,27,28). The molecule has 32 nitrogen and oxygen atoms in total. The van der Waals surface area contributed by atoms with Crippen LogP contribution in [0.2, 0.25) is 0 Å². The monoisotopic (exact) mass is 1610 g/mol. The van der Waals surface area contributed by atoms with E-state index in [2.05, 4.69) is 175 Å². The van der Waals surface area contributed by atoms with E-state index < -0.39 is 0 Å². The van der Waals surface area contributed by atoms with Crippen molar-refractivity contribution < 1.29 is 19.2 Å². The molecule has 1 atom stereocenters. The molecule has 4 amide bonds. The Bertz CT molecular complexity index is 6060. The Hall–Kier alpha value is -16.0. The van der Waals surface area contributed by atoms with Crippen molar-refractivity contribution in [2.75, 3.05) is 49.1 Å². The van der Waals surface area contributed by atoms with Crippen LogP contribution in [0, 0.1) is 61.3 Å². The van der Waals surface area contributed by atoms with Gasteiger partial charge < -0.3 is 21.3 Å². The molecule has 0 aliphatic rings. The van der Waals surface area contributed by atoms with Crippen LogP contribution in [0.25, 0.3) is 46.1 Å². The van der Waals surface area contributed by atoms with Crippen LogP contribution in [0.5, 0.6) is 0 Å². The number of anilines is 9. The number of benzene rings is 3. The first-order chi connectivity index (χ1) is 58.6. The first-order valence-electron chi connectivity index (χ1n) is 38.5. The summed E-state index contributed by atoms with van der Waals surface area (Å²) in [6.07, 6.45) is 6.65. The van der Waals surface area contributed by atoms with Crippen LogP contribution in [0.1, 0.15) is 125 Å². The lowest BCUT2D eigenvalue weighted by Crippen LogP contribution is -2.18. The van der Waals surface area contributed by atoms with E-state index in [9.17, 15) is 19.2 Å². The zero-order chi connectivity index (χ0) is 85.2. The van der Waals surface area contributed by atoms with E-state index in [0.717, 1.165) is 29.2 Å². The fourth-order valence-electron chi connectivity index (χ4n) is 11.6. The van der Waals surface area contributed by atoms with Crippen LogP contribution in [-0.2, 0) is 6.54 Å². The third kappa shape index (κ3) is 24.5. The highest BCUT2D eigenvalue weighted by molar-refractivity contribution is 6.06. The maximum absolute atomic E-state index is 12.9. The molecule has 12 aromatic heterocycles. The number of rotatable bonds is 23. The largest absolute Gasteiger partial charge is 0.370 e. The maximum Gasteiger partial charge on any atom is 0.259 e. The number of hydrogen-bond acceptors (Lipinski definition) is 28. The van der Waals surface area contributed by atoms with Gasteiger partial charge in [0.15, 0.2) is 23.3 Å². The van der Waals surface area contributed by atoms with Crippen LogP contribution in [-0.4, -0.2) is 130 Å². The van der Waals surface area contributed by atoms with Crippen molar-refractivity contribution in [1.82, 2.24) is 99.7 Å². The highest BCUT2D eigenvalue weighted by Gasteiger charge is 2.21. The van der Waals surface area contributed by atoms with Crippen molar-refractivity contribution in [3.63, 3.8) is 0 Å². The van der Waals surface area contributed by atoms with Gasteiger partial charge in [-0.25, -0.2) is 39.9 Å². The molecule has 1 unspecified atom stereocenters. The summed E-state index contributed by atoms with van der Waals surface area (Å²) in [6.45, 7) is 21.9. The summed E-state index contributed by atoms with van der Waals surface area (Å²) in [5.41, 5.74) is 9.87. The molecule has 0 spiro atoms. The van der Waals surface area contributed by atoms with Gasteiger partial charge in [-0.05, 0) is 189 Å². The van der Waals surface area contributed by atoms with Crippen molar-refractivity contribution in [3.8, 4) is 46.1 Å². The SMILES string of the molecule is Cc1nc(NC(=O)c2ccc(NC(C)c3ccccc3)nc2C)nc(-c2ccccn2)n1.Cc1nc(NC(=O)c2ccc(NCC(C)C)nc2C)nc(-c2ccccn2)n1.Cc1nc(NC(=O)c2ccc(NCc3ccccc3)nc2C)nc(-c2ccccn2)n1.Cc1nc(NC(=O)c2ccc(Nc3ccccc3)nc2C)nc(-c2ccccn2)n1. The molecule has 0 aliphatic carbocycles. The number of aromatic nitrogens is 20. The second-order valence-electron chi connectivity index (χ2n) is 27.5. The van der Waals surface area contributed by atoms with Gasteiger partial charge >= 0.3 is 0 Å². The maximum atomic E-state index is 12.9. The molecule has 0 bridgehead atoms. The van der Waals surface area contributed by atoms with Gasteiger partial charge in [-0.3, -0.25) is 60.4 Å². The number of nitrogens with one attached hydrogen (secondary N) is 8. The number of carbonyl (C=O) groups excluding carboxylic acids is 4. The van der Waals surface area contributed by atoms with Gasteiger partial charge in [-0.2, -0.15) is 39.9 Å². The van der Waals surface area contributed by atoms with Gasteiger partial charge in [0, 0.05) is 49.6 Å². The molecule has 0 radical (unpaired) electrons. The summed E-state index contributed by atoms with van der Waals surface area (Å²) < 4.78 is 0. The Morgan fingerprint density at radius 1 is 0.298 bits per heavy atom. The summed E-state index contributed by atoms with van der Waals surface area (Å²) in [6, 6.07) is 65.9. The van der Waals surface area contributed by atoms with E-state index in [4.69, 9.17) is 0 Å². The zero-order valence-corrected chi connectivity index (χ0v) is 68.2. The molecule has 8 N–H and O–H groups in total. The first-order valence-corrected chi connectivity index (χ1v) is 38.5. The van der Waals surface area contributed by atoms with Crippen molar-refractivity contribution in [1.29, 1.82) is 0 Å². The topological polar surface area (TPSA) is 422 Å². The predicted octanol–water partition coefficient (Wildman–Crippen LogP) is 15.4. The van der Waals surface area contributed by atoms with Gasteiger partial charge in [0.25, 0.3) is 23.6 Å². The molecule has 0 aliphatic heterocycles. The highest BCUT2D eigenvalue weighted by Crippen LogP contribution is 2.25. The van der Waals surface area contributed by atoms with E-state index in [1.165, 1.54) is 0 Å². The summed E-state index contributed by atoms with van der Waals surface area (Å²) in [4.78, 5) is 137. The van der Waals surface area contributed by atoms with Gasteiger partial charge in [-0.15, -0.1) is 0 Å². The second kappa shape index (κ2) is 41.0. The van der Waals surface area contributed by atoms with Crippen molar-refractivity contribution >= 4 is 76.4 Å². The minimum atomic E-state index is -0.344. The number of aryl methyl sites for hydroxylation is 8. The Balaban J connectivity index is 0.000000148. The fraction of sp³-hybridized carbons (Fsp3) is 0.169. The highest BCUT2D eigenvalue weighted by atomic mass is 16.2. The fourth-order valence-corrected chi connectivity index (χ4v) is 11.6. The molecule has 606 valence electrons. The number of nitrogens with zero attached hydrogens (tertiary/aromatic N) is 20. The molecule has 12 heterocycles. The van der Waals surface area contributed by atoms with Crippen LogP contribution in [0.15, 0.2) is 237 Å². The summed E-state index contributed by atoms with van der Waals surface area (Å²) in [5, 5.41) is 24.0. The Kier molecular flexibility index (Phi) is 28.6. The van der Waals surface area contributed by atoms with E-state index in [1.807, 2.05) is 127 Å². The quantitative estimate of drug-likeness (QED) is 0.0295. The molecule has 121 heavy (non-hydrogen) atoms. The lowest BCUT2D eigenvalue weighted by Gasteiger charge is -2.16. The van der Waals surface area contributed by atoms with Crippen LogP contribution < -0.4 is 42.5 Å². The zero-order valence-electron chi connectivity index (χ0n) is 68.2. The molecule has 15 rings (SSSR count). The molecule has 32 heteroatoms. The number of carbonyl (C=O) groups is 4. The van der Waals surface area contributed by atoms with E-state index in [1.54, 1.807) is 153 Å². The third-order valence-corrected chi connectivity index (χ3v) is 17.5. The lowest BCUT2D eigenvalue weighted by molar-refractivity contribution is 0.101. The Morgan fingerprint density at radius 3 is 0.942 bits per heavy atom. The van der Waals surface area contributed by atoms with Gasteiger partial charge in [0.1, 0.15) is 69.3 Å². The molecule has 0 fully saturated rings. The smallest absolute Gasteiger partial charge is 0.259 e. The van der Waals surface area contributed by atoms with Crippen molar-refractivity contribution in [3.05, 3.63) is 317 Å².